The van der Waals surface area contributed by atoms with E-state index in [1.165, 1.54) is 0 Å². The molecule has 0 fully saturated rings. The summed E-state index contributed by atoms with van der Waals surface area (Å²) >= 11 is 0. The van der Waals surface area contributed by atoms with Crippen LogP contribution in [0.4, 0.5) is 0 Å². The molecule has 1 atom stereocenters. The molecule has 0 amide bonds. The van der Waals surface area contributed by atoms with E-state index in [0.717, 1.165) is 25.7 Å². The van der Waals surface area contributed by atoms with Crippen LogP contribution in [0.1, 0.15) is 39.5 Å². The zero-order valence-electron chi connectivity index (χ0n) is 9.27. The fraction of sp³-hybridized carbons (Fsp3) is 1.00. The summed E-state index contributed by atoms with van der Waals surface area (Å²) in [5, 5.41) is 0. The van der Waals surface area contributed by atoms with Gasteiger partial charge in [-0.05, 0) is 12.3 Å². The van der Waals surface area contributed by atoms with Crippen molar-refractivity contribution in [1.29, 1.82) is 0 Å². The summed E-state index contributed by atoms with van der Waals surface area (Å²) in [6.45, 7) is 4.26. The van der Waals surface area contributed by atoms with Crippen molar-refractivity contribution >= 4 is 7.82 Å². The molecule has 0 heterocycles. The van der Waals surface area contributed by atoms with Crippen molar-refractivity contribution in [1.82, 2.24) is 0 Å². The van der Waals surface area contributed by atoms with Crippen LogP contribution in [-0.4, -0.2) is 16.4 Å². The average Bonchev–Trinajstić information content (AvgIpc) is 2.03. The van der Waals surface area contributed by atoms with E-state index in [-0.39, 0.29) is 42.1 Å². The second kappa shape index (κ2) is 9.34. The quantitative estimate of drug-likeness (QED) is 0.451. The fourth-order valence-electron chi connectivity index (χ4n) is 1.10. The molecule has 0 aromatic carbocycles. The van der Waals surface area contributed by atoms with Crippen molar-refractivity contribution in [2.75, 3.05) is 6.61 Å². The molecule has 0 aromatic rings. The largest absolute Gasteiger partial charge is 1.00 e. The normalized spacial score (nSPS) is 13.4. The predicted octanol–water partition coefficient (Wildman–Crippen LogP) is -0.684. The summed E-state index contributed by atoms with van der Waals surface area (Å²) in [5.41, 5.74) is 0. The van der Waals surface area contributed by atoms with Gasteiger partial charge in [0, 0.05) is 0 Å². The van der Waals surface area contributed by atoms with Gasteiger partial charge in [0.2, 0.25) is 0 Å². The first-order valence-electron chi connectivity index (χ1n) is 4.69. The second-order valence-electron chi connectivity index (χ2n) is 3.20. The average molecular weight is 233 g/mol. The summed E-state index contributed by atoms with van der Waals surface area (Å²) < 4.78 is 14.8. The van der Waals surface area contributed by atoms with Gasteiger partial charge in [0.1, 0.15) is 0 Å². The van der Waals surface area contributed by atoms with Crippen molar-refractivity contribution in [3.05, 3.63) is 0 Å². The van der Waals surface area contributed by atoms with Crippen LogP contribution in [0.25, 0.3) is 0 Å². The molecule has 2 N–H and O–H groups in total. The summed E-state index contributed by atoms with van der Waals surface area (Å²) in [7, 11) is -4.26. The minimum atomic E-state index is -4.26. The maximum Gasteiger partial charge on any atom is 1.00 e. The van der Waals surface area contributed by atoms with E-state index < -0.39 is 7.82 Å². The van der Waals surface area contributed by atoms with E-state index in [9.17, 15) is 4.57 Å². The van der Waals surface area contributed by atoms with Crippen molar-refractivity contribution in [3.63, 3.8) is 0 Å². The molecule has 0 spiro atoms. The molecule has 0 saturated heterocycles. The molecule has 0 rings (SSSR count). The van der Waals surface area contributed by atoms with Crippen molar-refractivity contribution in [3.8, 4) is 0 Å². The predicted molar refractivity (Wildman–Crippen MR) is 51.3 cm³/mol. The monoisotopic (exact) mass is 233 g/mol. The van der Waals surface area contributed by atoms with E-state index in [1.54, 1.807) is 0 Å². The molecule has 80 valence electrons. The number of hydrogen-bond acceptors (Lipinski definition) is 2. The molecule has 0 aliphatic rings. The van der Waals surface area contributed by atoms with Crippen LogP contribution < -0.4 is 29.6 Å². The number of rotatable bonds is 7. The van der Waals surface area contributed by atoms with Gasteiger partial charge in [0.05, 0.1) is 6.61 Å². The third kappa shape index (κ3) is 11.2. The molecule has 0 bridgehead atoms. The van der Waals surface area contributed by atoms with Crippen molar-refractivity contribution in [2.45, 2.75) is 39.5 Å². The maximum absolute atomic E-state index is 10.4. The molecule has 0 aromatic heterocycles. The Kier molecular flexibility index (Phi) is 11.7. The zero-order valence-corrected chi connectivity index (χ0v) is 12.2. The smallest absolute Gasteiger partial charge is 0.303 e. The van der Waals surface area contributed by atoms with E-state index in [1.807, 2.05) is 6.92 Å². The Bertz CT molecular complexity index is 171. The molecule has 1 unspecified atom stereocenters. The van der Waals surface area contributed by atoms with Crippen LogP contribution in [0.3, 0.4) is 0 Å². The van der Waals surface area contributed by atoms with Crippen LogP contribution in [0, 0.1) is 5.92 Å². The Hall–Kier alpha value is 1.11. The van der Waals surface area contributed by atoms with Gasteiger partial charge in [-0.15, -0.1) is 0 Å². The topological polar surface area (TPSA) is 66.8 Å². The van der Waals surface area contributed by atoms with Crippen molar-refractivity contribution in [2.24, 2.45) is 5.92 Å². The van der Waals surface area contributed by atoms with Crippen LogP contribution in [0.5, 0.6) is 0 Å². The number of phosphoric ester groups is 1. The first kappa shape index (κ1) is 17.5. The molecular formula is C8H19NaO4P+. The van der Waals surface area contributed by atoms with Gasteiger partial charge in [-0.1, -0.05) is 33.1 Å². The molecule has 0 aliphatic carbocycles. The molecule has 0 saturated carbocycles. The first-order valence-corrected chi connectivity index (χ1v) is 6.22. The van der Waals surface area contributed by atoms with E-state index in [2.05, 4.69) is 11.4 Å². The zero-order chi connectivity index (χ0) is 10.3. The fourth-order valence-corrected chi connectivity index (χ4v) is 1.51. The minimum Gasteiger partial charge on any atom is -0.303 e. The Morgan fingerprint density at radius 2 is 1.93 bits per heavy atom. The minimum absolute atomic E-state index is 0. The summed E-state index contributed by atoms with van der Waals surface area (Å²) in [5.74, 6) is 0.271. The van der Waals surface area contributed by atoms with E-state index in [0.29, 0.717) is 0 Å². The van der Waals surface area contributed by atoms with Gasteiger partial charge in [-0.2, -0.15) is 0 Å². The van der Waals surface area contributed by atoms with E-state index >= 15 is 0 Å². The second-order valence-corrected chi connectivity index (χ2v) is 4.44. The molecular weight excluding hydrogens is 214 g/mol. The summed E-state index contributed by atoms with van der Waals surface area (Å²) in [6.07, 6.45) is 4.07. The van der Waals surface area contributed by atoms with Crippen LogP contribution in [0.2, 0.25) is 0 Å². The summed E-state index contributed by atoms with van der Waals surface area (Å²) in [6, 6.07) is 0. The molecule has 6 heteroatoms. The Labute approximate surface area is 108 Å². The number of phosphoric acid groups is 1. The molecule has 4 nitrogen and oxygen atoms in total. The molecule has 0 aliphatic heterocycles. The van der Waals surface area contributed by atoms with Crippen molar-refractivity contribution < 1.29 is 48.4 Å². The van der Waals surface area contributed by atoms with Gasteiger partial charge in [-0.3, -0.25) is 4.52 Å². The maximum atomic E-state index is 10.4. The molecule has 0 radical (unpaired) electrons. The van der Waals surface area contributed by atoms with Gasteiger partial charge in [0.15, 0.2) is 0 Å². The Morgan fingerprint density at radius 1 is 1.36 bits per heavy atom. The van der Waals surface area contributed by atoms with Gasteiger partial charge in [0.25, 0.3) is 0 Å². The van der Waals surface area contributed by atoms with Crippen LogP contribution >= 0.6 is 7.82 Å². The van der Waals surface area contributed by atoms with Crippen LogP contribution in [-0.2, 0) is 9.09 Å². The van der Waals surface area contributed by atoms with E-state index in [4.69, 9.17) is 9.79 Å². The third-order valence-corrected chi connectivity index (χ3v) is 2.51. The number of unbranched alkanes of at least 4 members (excludes halogenated alkanes) is 1. The standard InChI is InChI=1S/C8H19O4P.Na/c1-3-5-6-8(4-2)7-12-13(9,10)11;/h8H,3-7H2,1-2H3,(H2,9,10,11);/q;+1. The SMILES string of the molecule is CCCCC(CC)COP(=O)(O)O.[Na+]. The Balaban J connectivity index is 0. The van der Waals surface area contributed by atoms with Crippen LogP contribution in [0.15, 0.2) is 0 Å². The summed E-state index contributed by atoms with van der Waals surface area (Å²) in [4.78, 5) is 17.0. The van der Waals surface area contributed by atoms with Gasteiger partial charge in [-0.25, -0.2) is 4.57 Å². The third-order valence-electron chi connectivity index (χ3n) is 2.02. The van der Waals surface area contributed by atoms with Gasteiger partial charge < -0.3 is 9.79 Å². The number of hydrogen-bond donors (Lipinski definition) is 2. The van der Waals surface area contributed by atoms with Gasteiger partial charge >= 0.3 is 37.4 Å². The molecule has 14 heavy (non-hydrogen) atoms. The first-order chi connectivity index (χ1) is 5.99. The Morgan fingerprint density at radius 3 is 2.29 bits per heavy atom.